The van der Waals surface area contributed by atoms with Crippen molar-refractivity contribution in [3.05, 3.63) is 22.4 Å². The van der Waals surface area contributed by atoms with Gasteiger partial charge in [0, 0.05) is 24.9 Å². The molecule has 2 rings (SSSR count). The van der Waals surface area contributed by atoms with E-state index < -0.39 is 0 Å². The van der Waals surface area contributed by atoms with Gasteiger partial charge in [0.2, 0.25) is 0 Å². The van der Waals surface area contributed by atoms with E-state index in [1.54, 1.807) is 11.3 Å². The maximum absolute atomic E-state index is 10.7. The molecular weight excluding hydrogens is 170 g/mol. The van der Waals surface area contributed by atoms with Crippen LogP contribution in [0.1, 0.15) is 11.5 Å². The third-order valence-electron chi connectivity index (χ3n) is 2.41. The van der Waals surface area contributed by atoms with E-state index in [4.69, 9.17) is 0 Å². The fraction of sp³-hybridized carbons (Fsp3) is 0.444. The molecular formula is C9H11NOS. The van der Waals surface area contributed by atoms with Crippen LogP contribution in [-0.4, -0.2) is 19.4 Å². The average Bonchev–Trinajstić information content (AvgIpc) is 2.74. The third-order valence-corrected chi connectivity index (χ3v) is 3.11. The maximum Gasteiger partial charge on any atom is 0.125 e. The molecule has 1 saturated heterocycles. The first-order valence-electron chi connectivity index (χ1n) is 4.10. The zero-order valence-corrected chi connectivity index (χ0v) is 7.51. The molecule has 1 aliphatic heterocycles. The minimum atomic E-state index is 0.180. The lowest BCUT2D eigenvalue weighted by molar-refractivity contribution is -0.110. The predicted molar refractivity (Wildman–Crippen MR) is 49.5 cm³/mol. The summed E-state index contributed by atoms with van der Waals surface area (Å²) in [5, 5.41) is 7.43. The zero-order valence-electron chi connectivity index (χ0n) is 6.69. The van der Waals surface area contributed by atoms with Gasteiger partial charge in [-0.1, -0.05) is 0 Å². The Hall–Kier alpha value is -0.670. The van der Waals surface area contributed by atoms with E-state index in [1.165, 1.54) is 5.56 Å². The van der Waals surface area contributed by atoms with Gasteiger partial charge in [0.15, 0.2) is 0 Å². The number of hydrogen-bond donors (Lipinski definition) is 1. The molecule has 64 valence electrons. The first-order chi connectivity index (χ1) is 5.92. The molecule has 0 bridgehead atoms. The Balaban J connectivity index is 2.18. The molecule has 2 heterocycles. The molecule has 0 aromatic carbocycles. The molecule has 1 aromatic rings. The summed E-state index contributed by atoms with van der Waals surface area (Å²) in [6, 6.07) is 2.11. The van der Waals surface area contributed by atoms with Gasteiger partial charge in [-0.3, -0.25) is 0 Å². The predicted octanol–water partition coefficient (Wildman–Crippen LogP) is 1.25. The number of rotatable bonds is 2. The van der Waals surface area contributed by atoms with E-state index in [9.17, 15) is 4.79 Å². The van der Waals surface area contributed by atoms with Gasteiger partial charge in [0.1, 0.15) is 6.29 Å². The molecule has 0 spiro atoms. The van der Waals surface area contributed by atoms with E-state index in [-0.39, 0.29) is 5.92 Å². The van der Waals surface area contributed by atoms with Gasteiger partial charge < -0.3 is 10.1 Å². The largest absolute Gasteiger partial charge is 0.315 e. The molecule has 1 aromatic heterocycles. The lowest BCUT2D eigenvalue weighted by atomic mass is 9.92. The van der Waals surface area contributed by atoms with Crippen LogP contribution in [-0.2, 0) is 4.79 Å². The summed E-state index contributed by atoms with van der Waals surface area (Å²) in [6.07, 6.45) is 1.07. The Labute approximate surface area is 75.6 Å². The minimum absolute atomic E-state index is 0.180. The molecule has 1 N–H and O–H groups in total. The number of thiophene rings is 1. The summed E-state index contributed by atoms with van der Waals surface area (Å²) < 4.78 is 0. The zero-order chi connectivity index (χ0) is 8.39. The van der Waals surface area contributed by atoms with Crippen LogP contribution in [0.3, 0.4) is 0 Å². The van der Waals surface area contributed by atoms with Gasteiger partial charge in [-0.05, 0) is 22.4 Å². The number of aldehydes is 1. The van der Waals surface area contributed by atoms with E-state index in [0.717, 1.165) is 19.4 Å². The second kappa shape index (κ2) is 3.37. The second-order valence-corrected chi connectivity index (χ2v) is 3.90. The molecule has 2 nitrogen and oxygen atoms in total. The highest BCUT2D eigenvalue weighted by atomic mass is 32.1. The number of carbonyl (C=O) groups is 1. The van der Waals surface area contributed by atoms with Gasteiger partial charge in [0.25, 0.3) is 0 Å². The SMILES string of the molecule is O=C[C@H]1CNC[C@@H]1c1ccsc1. The standard InChI is InChI=1S/C9H11NOS/c11-5-8-3-10-4-9(8)7-1-2-12-6-7/h1-2,5-6,8-10H,3-4H2/t8-,9-/m1/s1. The van der Waals surface area contributed by atoms with Crippen LogP contribution in [0.5, 0.6) is 0 Å². The summed E-state index contributed by atoms with van der Waals surface area (Å²) in [5.41, 5.74) is 1.31. The highest BCUT2D eigenvalue weighted by molar-refractivity contribution is 7.07. The summed E-state index contributed by atoms with van der Waals surface area (Å²) in [5.74, 6) is 0.591. The highest BCUT2D eigenvalue weighted by Gasteiger charge is 2.27. The van der Waals surface area contributed by atoms with Crippen molar-refractivity contribution in [2.45, 2.75) is 5.92 Å². The Bertz CT molecular complexity index is 258. The van der Waals surface area contributed by atoms with Gasteiger partial charge in [-0.25, -0.2) is 0 Å². The van der Waals surface area contributed by atoms with E-state index >= 15 is 0 Å². The number of nitrogens with one attached hydrogen (secondary N) is 1. The van der Waals surface area contributed by atoms with Crippen LogP contribution < -0.4 is 5.32 Å². The van der Waals surface area contributed by atoms with Crippen molar-refractivity contribution in [3.63, 3.8) is 0 Å². The molecule has 2 atom stereocenters. The van der Waals surface area contributed by atoms with Crippen molar-refractivity contribution in [2.24, 2.45) is 5.92 Å². The molecule has 12 heavy (non-hydrogen) atoms. The molecule has 0 amide bonds. The molecule has 3 heteroatoms. The van der Waals surface area contributed by atoms with Crippen molar-refractivity contribution >= 4 is 17.6 Å². The fourth-order valence-corrected chi connectivity index (χ4v) is 2.42. The third kappa shape index (κ3) is 1.30. The van der Waals surface area contributed by atoms with Crippen molar-refractivity contribution in [1.29, 1.82) is 0 Å². The molecule has 1 aliphatic rings. The minimum Gasteiger partial charge on any atom is -0.315 e. The molecule has 0 saturated carbocycles. The van der Waals surface area contributed by atoms with Gasteiger partial charge in [0.05, 0.1) is 0 Å². The Morgan fingerprint density at radius 3 is 3.17 bits per heavy atom. The van der Waals surface area contributed by atoms with Crippen molar-refractivity contribution in [3.8, 4) is 0 Å². The van der Waals surface area contributed by atoms with Gasteiger partial charge in [-0.2, -0.15) is 11.3 Å². The first-order valence-corrected chi connectivity index (χ1v) is 5.04. The molecule has 0 unspecified atom stereocenters. The lowest BCUT2D eigenvalue weighted by Crippen LogP contribution is -2.11. The van der Waals surface area contributed by atoms with Crippen LogP contribution in [0.25, 0.3) is 0 Å². The number of hydrogen-bond acceptors (Lipinski definition) is 3. The Morgan fingerprint density at radius 1 is 1.58 bits per heavy atom. The maximum atomic E-state index is 10.7. The van der Waals surface area contributed by atoms with Crippen LogP contribution in [0.2, 0.25) is 0 Å². The molecule has 1 fully saturated rings. The molecule has 0 aliphatic carbocycles. The van der Waals surface area contributed by atoms with Crippen molar-refractivity contribution < 1.29 is 4.79 Å². The van der Waals surface area contributed by atoms with E-state index in [2.05, 4.69) is 22.1 Å². The second-order valence-electron chi connectivity index (χ2n) is 3.12. The van der Waals surface area contributed by atoms with Crippen molar-refractivity contribution in [1.82, 2.24) is 5.32 Å². The average molecular weight is 181 g/mol. The quantitative estimate of drug-likeness (QED) is 0.696. The Kier molecular flexibility index (Phi) is 2.23. The monoisotopic (exact) mass is 181 g/mol. The smallest absolute Gasteiger partial charge is 0.125 e. The summed E-state index contributed by atoms with van der Waals surface area (Å²) >= 11 is 1.70. The van der Waals surface area contributed by atoms with Gasteiger partial charge in [-0.15, -0.1) is 0 Å². The van der Waals surface area contributed by atoms with E-state index in [1.807, 2.05) is 0 Å². The lowest BCUT2D eigenvalue weighted by Gasteiger charge is -2.10. The van der Waals surface area contributed by atoms with Crippen LogP contribution in [0.15, 0.2) is 16.8 Å². The topological polar surface area (TPSA) is 29.1 Å². The molecule has 0 radical (unpaired) electrons. The first kappa shape index (κ1) is 7.95. The summed E-state index contributed by atoms with van der Waals surface area (Å²) in [4.78, 5) is 10.7. The van der Waals surface area contributed by atoms with E-state index in [0.29, 0.717) is 5.92 Å². The summed E-state index contributed by atoms with van der Waals surface area (Å²) in [6.45, 7) is 1.78. The number of carbonyl (C=O) groups excluding carboxylic acids is 1. The van der Waals surface area contributed by atoms with Crippen molar-refractivity contribution in [2.75, 3.05) is 13.1 Å². The Morgan fingerprint density at radius 2 is 2.50 bits per heavy atom. The van der Waals surface area contributed by atoms with Crippen LogP contribution in [0, 0.1) is 5.92 Å². The normalized spacial score (nSPS) is 29.0. The van der Waals surface area contributed by atoms with Gasteiger partial charge >= 0.3 is 0 Å². The fourth-order valence-electron chi connectivity index (χ4n) is 1.69. The van der Waals surface area contributed by atoms with Crippen LogP contribution >= 0.6 is 11.3 Å². The highest BCUT2D eigenvalue weighted by Crippen LogP contribution is 2.27. The van der Waals surface area contributed by atoms with Crippen LogP contribution in [0.4, 0.5) is 0 Å². The summed E-state index contributed by atoms with van der Waals surface area (Å²) in [7, 11) is 0.